The highest BCUT2D eigenvalue weighted by molar-refractivity contribution is 7.13. The highest BCUT2D eigenvalue weighted by Crippen LogP contribution is 2.23. The molecule has 0 unspecified atom stereocenters. The maximum Gasteiger partial charge on any atom is 0.226 e. The van der Waals surface area contributed by atoms with E-state index in [9.17, 15) is 9.90 Å². The van der Waals surface area contributed by atoms with Gasteiger partial charge in [-0.25, -0.2) is 4.98 Å². The molecule has 5 nitrogen and oxygen atoms in total. The number of hydrogen-bond acceptors (Lipinski definition) is 5. The number of nitrogens with one attached hydrogen (secondary N) is 1. The molecule has 19 heavy (non-hydrogen) atoms. The summed E-state index contributed by atoms with van der Waals surface area (Å²) in [6, 6.07) is 3.63. The summed E-state index contributed by atoms with van der Waals surface area (Å²) in [4.78, 5) is 16.0. The molecule has 2 heterocycles. The quantitative estimate of drug-likeness (QED) is 0.876. The molecule has 0 saturated heterocycles. The molecular weight excluding hydrogens is 264 g/mol. The highest BCUT2D eigenvalue weighted by Gasteiger charge is 2.15. The van der Waals surface area contributed by atoms with Gasteiger partial charge in [-0.3, -0.25) is 4.79 Å². The van der Waals surface area contributed by atoms with Crippen molar-refractivity contribution < 1.29 is 14.3 Å². The molecule has 0 aliphatic carbocycles. The van der Waals surface area contributed by atoms with Crippen molar-refractivity contribution in [3.05, 3.63) is 29.5 Å². The van der Waals surface area contributed by atoms with Crippen molar-refractivity contribution in [2.45, 2.75) is 25.9 Å². The van der Waals surface area contributed by atoms with Gasteiger partial charge in [0, 0.05) is 11.9 Å². The normalized spacial score (nSPS) is 11.5. The standard InChI is InChI=1S/C13H16N2O3S/c1-13(2,17)8-14-11(16)6-9-7-19-12(15-9)10-4-3-5-18-10/h3-5,7,17H,6,8H2,1-2H3,(H,14,16). The van der Waals surface area contributed by atoms with E-state index in [1.54, 1.807) is 26.2 Å². The number of amides is 1. The Hall–Kier alpha value is -1.66. The number of thiazole rings is 1. The Morgan fingerprint density at radius 1 is 1.58 bits per heavy atom. The van der Waals surface area contributed by atoms with Crippen LogP contribution in [0.1, 0.15) is 19.5 Å². The number of aliphatic hydroxyl groups is 1. The molecule has 2 rings (SSSR count). The smallest absolute Gasteiger partial charge is 0.226 e. The number of furan rings is 1. The first-order valence-corrected chi connectivity index (χ1v) is 6.79. The molecule has 0 aromatic carbocycles. The molecule has 0 spiro atoms. The van der Waals surface area contributed by atoms with Gasteiger partial charge in [-0.05, 0) is 26.0 Å². The van der Waals surface area contributed by atoms with E-state index in [0.717, 1.165) is 5.01 Å². The number of carbonyl (C=O) groups excluding carboxylic acids is 1. The first-order chi connectivity index (χ1) is 8.94. The molecule has 0 bridgehead atoms. The zero-order valence-corrected chi connectivity index (χ0v) is 11.7. The summed E-state index contributed by atoms with van der Waals surface area (Å²) in [6.45, 7) is 3.51. The molecular formula is C13H16N2O3S. The topological polar surface area (TPSA) is 75.4 Å². The van der Waals surface area contributed by atoms with E-state index in [2.05, 4.69) is 10.3 Å². The summed E-state index contributed by atoms with van der Waals surface area (Å²) >= 11 is 1.44. The second-order valence-electron chi connectivity index (χ2n) is 4.89. The number of rotatable bonds is 5. The summed E-state index contributed by atoms with van der Waals surface area (Å²) in [7, 11) is 0. The predicted molar refractivity (Wildman–Crippen MR) is 72.8 cm³/mol. The van der Waals surface area contributed by atoms with Crippen molar-refractivity contribution in [2.24, 2.45) is 0 Å². The van der Waals surface area contributed by atoms with Crippen LogP contribution in [0.4, 0.5) is 0 Å². The Balaban J connectivity index is 1.91. The Morgan fingerprint density at radius 3 is 3.00 bits per heavy atom. The van der Waals surface area contributed by atoms with Gasteiger partial charge >= 0.3 is 0 Å². The van der Waals surface area contributed by atoms with Gasteiger partial charge in [-0.1, -0.05) is 0 Å². The van der Waals surface area contributed by atoms with Crippen molar-refractivity contribution in [2.75, 3.05) is 6.54 Å². The number of carbonyl (C=O) groups is 1. The van der Waals surface area contributed by atoms with E-state index >= 15 is 0 Å². The number of hydrogen-bond donors (Lipinski definition) is 2. The lowest BCUT2D eigenvalue weighted by atomic mass is 10.1. The van der Waals surface area contributed by atoms with E-state index in [-0.39, 0.29) is 18.9 Å². The van der Waals surface area contributed by atoms with E-state index < -0.39 is 5.60 Å². The van der Waals surface area contributed by atoms with Crippen LogP contribution in [0.5, 0.6) is 0 Å². The van der Waals surface area contributed by atoms with Crippen LogP contribution in [-0.4, -0.2) is 28.1 Å². The Kier molecular flexibility index (Phi) is 4.01. The molecule has 0 aliphatic heterocycles. The molecule has 1 amide bonds. The lowest BCUT2D eigenvalue weighted by molar-refractivity contribution is -0.121. The van der Waals surface area contributed by atoms with E-state index in [1.807, 2.05) is 11.4 Å². The maximum atomic E-state index is 11.7. The summed E-state index contributed by atoms with van der Waals surface area (Å²) < 4.78 is 5.24. The Morgan fingerprint density at radius 2 is 2.37 bits per heavy atom. The van der Waals surface area contributed by atoms with E-state index in [1.165, 1.54) is 11.3 Å². The molecule has 0 fully saturated rings. The summed E-state index contributed by atoms with van der Waals surface area (Å²) in [5.74, 6) is 0.548. The van der Waals surface area contributed by atoms with Gasteiger partial charge in [0.1, 0.15) is 0 Å². The first kappa shape index (κ1) is 13.8. The van der Waals surface area contributed by atoms with Gasteiger partial charge in [0.15, 0.2) is 10.8 Å². The van der Waals surface area contributed by atoms with Gasteiger partial charge < -0.3 is 14.8 Å². The molecule has 0 radical (unpaired) electrons. The van der Waals surface area contributed by atoms with Gasteiger partial charge in [0.25, 0.3) is 0 Å². The zero-order chi connectivity index (χ0) is 13.9. The van der Waals surface area contributed by atoms with Crippen molar-refractivity contribution in [1.82, 2.24) is 10.3 Å². The van der Waals surface area contributed by atoms with Gasteiger partial charge in [0.2, 0.25) is 5.91 Å². The predicted octanol–water partition coefficient (Wildman–Crippen LogP) is 1.83. The summed E-state index contributed by atoms with van der Waals surface area (Å²) in [5.41, 5.74) is -0.207. The SMILES string of the molecule is CC(C)(O)CNC(=O)Cc1csc(-c2ccco2)n1. The van der Waals surface area contributed by atoms with Crippen LogP contribution in [0.3, 0.4) is 0 Å². The molecule has 102 valence electrons. The van der Waals surface area contributed by atoms with E-state index in [0.29, 0.717) is 11.5 Å². The van der Waals surface area contributed by atoms with E-state index in [4.69, 9.17) is 4.42 Å². The van der Waals surface area contributed by atoms with Gasteiger partial charge in [0.05, 0.1) is 24.0 Å². The van der Waals surface area contributed by atoms with Crippen LogP contribution >= 0.6 is 11.3 Å². The average Bonchev–Trinajstić information content (AvgIpc) is 2.94. The molecule has 0 saturated carbocycles. The molecule has 0 aliphatic rings. The fraction of sp³-hybridized carbons (Fsp3) is 0.385. The minimum Gasteiger partial charge on any atom is -0.462 e. The Bertz CT molecular complexity index is 540. The van der Waals surface area contributed by atoms with Gasteiger partial charge in [-0.15, -0.1) is 11.3 Å². The molecule has 2 N–H and O–H groups in total. The van der Waals surface area contributed by atoms with Crippen LogP contribution in [0.25, 0.3) is 10.8 Å². The van der Waals surface area contributed by atoms with Crippen LogP contribution < -0.4 is 5.32 Å². The summed E-state index contributed by atoms with van der Waals surface area (Å²) in [6.07, 6.45) is 1.79. The second-order valence-corrected chi connectivity index (χ2v) is 5.75. The van der Waals surface area contributed by atoms with Crippen molar-refractivity contribution in [3.8, 4) is 10.8 Å². The van der Waals surface area contributed by atoms with Crippen LogP contribution in [0.2, 0.25) is 0 Å². The zero-order valence-electron chi connectivity index (χ0n) is 10.8. The van der Waals surface area contributed by atoms with Crippen molar-refractivity contribution >= 4 is 17.2 Å². The number of nitrogens with zero attached hydrogens (tertiary/aromatic N) is 1. The lowest BCUT2D eigenvalue weighted by Gasteiger charge is -2.17. The third-order valence-electron chi connectivity index (χ3n) is 2.34. The highest BCUT2D eigenvalue weighted by atomic mass is 32.1. The second kappa shape index (κ2) is 5.54. The molecule has 2 aromatic heterocycles. The molecule has 0 atom stereocenters. The third kappa shape index (κ3) is 4.18. The van der Waals surface area contributed by atoms with Crippen molar-refractivity contribution in [1.29, 1.82) is 0 Å². The minimum atomic E-state index is -0.906. The van der Waals surface area contributed by atoms with Crippen LogP contribution in [-0.2, 0) is 11.2 Å². The maximum absolute atomic E-state index is 11.7. The largest absolute Gasteiger partial charge is 0.462 e. The minimum absolute atomic E-state index is 0.154. The average molecular weight is 280 g/mol. The fourth-order valence-electron chi connectivity index (χ4n) is 1.44. The monoisotopic (exact) mass is 280 g/mol. The third-order valence-corrected chi connectivity index (χ3v) is 3.25. The lowest BCUT2D eigenvalue weighted by Crippen LogP contribution is -2.38. The number of aromatic nitrogens is 1. The first-order valence-electron chi connectivity index (χ1n) is 5.91. The fourth-order valence-corrected chi connectivity index (χ4v) is 2.23. The van der Waals surface area contributed by atoms with Crippen LogP contribution in [0, 0.1) is 0 Å². The summed E-state index contributed by atoms with van der Waals surface area (Å²) in [5, 5.41) is 14.8. The Labute approximate surface area is 115 Å². The van der Waals surface area contributed by atoms with Crippen molar-refractivity contribution in [3.63, 3.8) is 0 Å². The molecule has 2 aromatic rings. The molecule has 6 heteroatoms. The van der Waals surface area contributed by atoms with Crippen LogP contribution in [0.15, 0.2) is 28.2 Å². The van der Waals surface area contributed by atoms with Gasteiger partial charge in [-0.2, -0.15) is 0 Å².